The second-order valence-corrected chi connectivity index (χ2v) is 5.94. The molecule has 0 saturated carbocycles. The first-order valence-electron chi connectivity index (χ1n) is 7.59. The molecule has 2 aromatic carbocycles. The van der Waals surface area contributed by atoms with Crippen molar-refractivity contribution in [2.24, 2.45) is 5.73 Å². The van der Waals surface area contributed by atoms with Gasteiger partial charge in [0.15, 0.2) is 0 Å². The molecule has 0 spiro atoms. The van der Waals surface area contributed by atoms with Crippen LogP contribution in [0.4, 0.5) is 8.78 Å². The van der Waals surface area contributed by atoms with Crippen LogP contribution in [0, 0.1) is 11.6 Å². The van der Waals surface area contributed by atoms with Crippen LogP contribution < -0.4 is 5.73 Å². The minimum absolute atomic E-state index is 0.0413. The number of hydrogen-bond donors (Lipinski definition) is 1. The normalized spacial score (nSPS) is 21.3. The van der Waals surface area contributed by atoms with Crippen molar-refractivity contribution in [3.8, 4) is 0 Å². The summed E-state index contributed by atoms with van der Waals surface area (Å²) in [7, 11) is 0. The predicted octanol–water partition coefficient (Wildman–Crippen LogP) is 2.92. The van der Waals surface area contributed by atoms with E-state index in [1.54, 1.807) is 23.1 Å². The Balaban J connectivity index is 1.83. The largest absolute Gasteiger partial charge is 0.336 e. The molecule has 1 saturated heterocycles. The van der Waals surface area contributed by atoms with Crippen molar-refractivity contribution in [3.05, 3.63) is 71.3 Å². The van der Waals surface area contributed by atoms with Crippen LogP contribution in [-0.2, 0) is 0 Å². The van der Waals surface area contributed by atoms with Gasteiger partial charge in [-0.2, -0.15) is 0 Å². The lowest BCUT2D eigenvalue weighted by molar-refractivity contribution is 0.0684. The van der Waals surface area contributed by atoms with Gasteiger partial charge in [-0.05, 0) is 36.2 Å². The van der Waals surface area contributed by atoms with Crippen molar-refractivity contribution in [1.82, 2.24) is 4.90 Å². The minimum atomic E-state index is -0.543. The van der Waals surface area contributed by atoms with Crippen molar-refractivity contribution in [1.29, 1.82) is 0 Å². The Morgan fingerprint density at radius 1 is 1.09 bits per heavy atom. The predicted molar refractivity (Wildman–Crippen MR) is 84.0 cm³/mol. The summed E-state index contributed by atoms with van der Waals surface area (Å²) in [5.74, 6) is -1.28. The van der Waals surface area contributed by atoms with Crippen molar-refractivity contribution in [3.63, 3.8) is 0 Å². The van der Waals surface area contributed by atoms with Crippen LogP contribution in [0.25, 0.3) is 0 Å². The summed E-state index contributed by atoms with van der Waals surface area (Å²) in [6, 6.07) is 12.0. The van der Waals surface area contributed by atoms with E-state index in [9.17, 15) is 13.6 Å². The summed E-state index contributed by atoms with van der Waals surface area (Å²) in [5.41, 5.74) is 6.92. The zero-order chi connectivity index (χ0) is 16.4. The molecule has 3 nitrogen and oxygen atoms in total. The first kappa shape index (κ1) is 15.6. The molecule has 1 amide bonds. The fraction of sp³-hybridized carbons (Fsp3) is 0.278. The number of piperidine rings is 1. The number of carbonyl (C=O) groups excluding carboxylic acids is 1. The average molecular weight is 316 g/mol. The smallest absolute Gasteiger partial charge is 0.256 e. The number of likely N-dealkylation sites (tertiary alicyclic amines) is 1. The van der Waals surface area contributed by atoms with Crippen LogP contribution in [0.1, 0.15) is 28.3 Å². The zero-order valence-corrected chi connectivity index (χ0v) is 12.6. The summed E-state index contributed by atoms with van der Waals surface area (Å²) in [6.45, 7) is 0.781. The number of hydrogen-bond acceptors (Lipinski definition) is 2. The molecule has 2 aromatic rings. The molecular formula is C18H18F2N2O. The molecule has 2 unspecified atom stereocenters. The van der Waals surface area contributed by atoms with Gasteiger partial charge in [-0.25, -0.2) is 8.78 Å². The maximum absolute atomic E-state index is 13.8. The van der Waals surface area contributed by atoms with E-state index in [1.807, 2.05) is 6.07 Å². The van der Waals surface area contributed by atoms with E-state index in [0.717, 1.165) is 5.56 Å². The van der Waals surface area contributed by atoms with Crippen molar-refractivity contribution in [2.45, 2.75) is 18.4 Å². The highest BCUT2D eigenvalue weighted by Gasteiger charge is 2.30. The minimum Gasteiger partial charge on any atom is -0.336 e. The van der Waals surface area contributed by atoms with Gasteiger partial charge in [-0.15, -0.1) is 0 Å². The molecule has 5 heteroatoms. The summed E-state index contributed by atoms with van der Waals surface area (Å²) in [4.78, 5) is 14.1. The lowest BCUT2D eigenvalue weighted by Gasteiger charge is -2.36. The highest BCUT2D eigenvalue weighted by molar-refractivity contribution is 5.94. The number of benzene rings is 2. The van der Waals surface area contributed by atoms with Gasteiger partial charge >= 0.3 is 0 Å². The van der Waals surface area contributed by atoms with Gasteiger partial charge in [0.25, 0.3) is 5.91 Å². The molecule has 0 bridgehead atoms. The number of nitrogens with two attached hydrogens (primary N) is 1. The zero-order valence-electron chi connectivity index (χ0n) is 12.6. The number of carbonyl (C=O) groups is 1. The Hall–Kier alpha value is -2.27. The lowest BCUT2D eigenvalue weighted by atomic mass is 9.88. The van der Waals surface area contributed by atoms with Gasteiger partial charge in [0.1, 0.15) is 11.6 Å². The summed E-state index contributed by atoms with van der Waals surface area (Å²) >= 11 is 0. The Morgan fingerprint density at radius 3 is 2.61 bits per heavy atom. The Morgan fingerprint density at radius 2 is 1.87 bits per heavy atom. The van der Waals surface area contributed by atoms with Crippen molar-refractivity contribution < 1.29 is 13.6 Å². The van der Waals surface area contributed by atoms with E-state index in [2.05, 4.69) is 0 Å². The highest BCUT2D eigenvalue weighted by atomic mass is 19.1. The molecular weight excluding hydrogens is 298 g/mol. The monoisotopic (exact) mass is 316 g/mol. The third-order valence-electron chi connectivity index (χ3n) is 4.19. The molecule has 2 N–H and O–H groups in total. The van der Waals surface area contributed by atoms with E-state index >= 15 is 0 Å². The van der Waals surface area contributed by atoms with Gasteiger partial charge in [0.2, 0.25) is 0 Å². The van der Waals surface area contributed by atoms with Gasteiger partial charge in [0, 0.05) is 25.0 Å². The number of rotatable bonds is 2. The topological polar surface area (TPSA) is 46.3 Å². The SMILES string of the molecule is NC1CC(c2cccc(F)c2)CN(C(=O)c2ccccc2F)C1. The third-order valence-corrected chi connectivity index (χ3v) is 4.19. The van der Waals surface area contributed by atoms with Crippen LogP contribution in [0.15, 0.2) is 48.5 Å². The van der Waals surface area contributed by atoms with E-state index in [-0.39, 0.29) is 29.2 Å². The molecule has 3 rings (SSSR count). The molecule has 1 heterocycles. The van der Waals surface area contributed by atoms with Crippen LogP contribution in [0.2, 0.25) is 0 Å². The summed E-state index contributed by atoms with van der Waals surface area (Å²) < 4.78 is 27.3. The first-order chi connectivity index (χ1) is 11.0. The molecule has 1 aliphatic rings. The number of halogens is 2. The molecule has 0 aliphatic carbocycles. The third kappa shape index (κ3) is 3.40. The second kappa shape index (κ2) is 6.46. The van der Waals surface area contributed by atoms with E-state index in [0.29, 0.717) is 19.5 Å². The average Bonchev–Trinajstić information content (AvgIpc) is 2.54. The second-order valence-electron chi connectivity index (χ2n) is 5.94. The van der Waals surface area contributed by atoms with Gasteiger partial charge in [-0.1, -0.05) is 24.3 Å². The quantitative estimate of drug-likeness (QED) is 0.926. The molecule has 1 aliphatic heterocycles. The maximum atomic E-state index is 13.8. The van der Waals surface area contributed by atoms with E-state index in [4.69, 9.17) is 5.73 Å². The Kier molecular flexibility index (Phi) is 4.39. The molecule has 2 atom stereocenters. The maximum Gasteiger partial charge on any atom is 0.256 e. The van der Waals surface area contributed by atoms with Crippen molar-refractivity contribution >= 4 is 5.91 Å². The first-order valence-corrected chi connectivity index (χ1v) is 7.59. The van der Waals surface area contributed by atoms with Crippen molar-refractivity contribution in [2.75, 3.05) is 13.1 Å². The molecule has 0 aromatic heterocycles. The van der Waals surface area contributed by atoms with Crippen LogP contribution in [-0.4, -0.2) is 29.9 Å². The van der Waals surface area contributed by atoms with Crippen LogP contribution in [0.5, 0.6) is 0 Å². The fourth-order valence-corrected chi connectivity index (χ4v) is 3.11. The van der Waals surface area contributed by atoms with Crippen LogP contribution in [0.3, 0.4) is 0 Å². The van der Waals surface area contributed by atoms with E-state index < -0.39 is 5.82 Å². The van der Waals surface area contributed by atoms with Gasteiger partial charge in [-0.3, -0.25) is 4.79 Å². The van der Waals surface area contributed by atoms with Crippen LogP contribution >= 0.6 is 0 Å². The fourth-order valence-electron chi connectivity index (χ4n) is 3.11. The molecule has 120 valence electrons. The molecule has 0 radical (unpaired) electrons. The number of nitrogens with zero attached hydrogens (tertiary/aromatic N) is 1. The number of amides is 1. The molecule has 1 fully saturated rings. The lowest BCUT2D eigenvalue weighted by Crippen LogP contribution is -2.48. The summed E-state index contributed by atoms with van der Waals surface area (Å²) in [6.07, 6.45) is 0.671. The van der Waals surface area contributed by atoms with Gasteiger partial charge < -0.3 is 10.6 Å². The Bertz CT molecular complexity index is 720. The highest BCUT2D eigenvalue weighted by Crippen LogP contribution is 2.28. The van der Waals surface area contributed by atoms with Gasteiger partial charge in [0.05, 0.1) is 5.56 Å². The standard InChI is InChI=1S/C18H18F2N2O/c19-14-5-3-4-12(8-14)13-9-15(21)11-22(10-13)18(23)16-6-1-2-7-17(16)20/h1-8,13,15H,9-11,21H2. The van der Waals surface area contributed by atoms with E-state index in [1.165, 1.54) is 24.3 Å². The summed E-state index contributed by atoms with van der Waals surface area (Å²) in [5, 5.41) is 0. The molecule has 23 heavy (non-hydrogen) atoms. The Labute approximate surface area is 133 Å².